The van der Waals surface area contributed by atoms with Gasteiger partial charge in [0.15, 0.2) is 0 Å². The van der Waals surface area contributed by atoms with Gasteiger partial charge < -0.3 is 15.8 Å². The number of hydrogen-bond acceptors (Lipinski definition) is 5. The van der Waals surface area contributed by atoms with E-state index in [9.17, 15) is 13.2 Å². The van der Waals surface area contributed by atoms with E-state index in [2.05, 4.69) is 5.32 Å². The van der Waals surface area contributed by atoms with Crippen molar-refractivity contribution in [3.63, 3.8) is 0 Å². The summed E-state index contributed by atoms with van der Waals surface area (Å²) in [4.78, 5) is 11.8. The summed E-state index contributed by atoms with van der Waals surface area (Å²) < 4.78 is 30.5. The number of amides is 1. The zero-order chi connectivity index (χ0) is 15.9. The van der Waals surface area contributed by atoms with Gasteiger partial charge in [-0.2, -0.15) is 4.31 Å². The van der Waals surface area contributed by atoms with Gasteiger partial charge in [-0.1, -0.05) is 12.1 Å². The van der Waals surface area contributed by atoms with E-state index in [4.69, 9.17) is 10.5 Å². The highest BCUT2D eigenvalue weighted by Gasteiger charge is 2.22. The summed E-state index contributed by atoms with van der Waals surface area (Å²) in [5, 5.41) is 2.57. The number of carbonyl (C=O) groups is 1. The van der Waals surface area contributed by atoms with Crippen molar-refractivity contribution >= 4 is 15.9 Å². The summed E-state index contributed by atoms with van der Waals surface area (Å²) in [5.41, 5.74) is 6.22. The number of nitrogens with zero attached hydrogens (tertiary/aromatic N) is 1. The van der Waals surface area contributed by atoms with Crippen molar-refractivity contribution in [2.24, 2.45) is 5.73 Å². The SMILES string of the molecule is COCCNC(=O)CN(C)S(=O)(=O)c1cccc(CN)c1. The van der Waals surface area contributed by atoms with Crippen LogP contribution in [0.5, 0.6) is 0 Å². The van der Waals surface area contributed by atoms with Crippen LogP contribution in [0.2, 0.25) is 0 Å². The van der Waals surface area contributed by atoms with Gasteiger partial charge in [-0.05, 0) is 17.7 Å². The second kappa shape index (κ2) is 8.08. The van der Waals surface area contributed by atoms with Crippen molar-refractivity contribution in [3.05, 3.63) is 29.8 Å². The van der Waals surface area contributed by atoms with Crippen molar-refractivity contribution in [1.82, 2.24) is 9.62 Å². The summed E-state index contributed by atoms with van der Waals surface area (Å²) in [5.74, 6) is -0.381. The molecule has 1 aromatic carbocycles. The maximum Gasteiger partial charge on any atom is 0.243 e. The smallest absolute Gasteiger partial charge is 0.243 e. The molecular weight excluding hydrogens is 294 g/mol. The van der Waals surface area contributed by atoms with Crippen LogP contribution in [-0.4, -0.2) is 52.5 Å². The average Bonchev–Trinajstić information content (AvgIpc) is 2.47. The van der Waals surface area contributed by atoms with Crippen LogP contribution in [0, 0.1) is 0 Å². The van der Waals surface area contributed by atoms with E-state index in [1.165, 1.54) is 26.3 Å². The van der Waals surface area contributed by atoms with E-state index in [1.54, 1.807) is 12.1 Å². The molecule has 3 N–H and O–H groups in total. The topological polar surface area (TPSA) is 102 Å². The van der Waals surface area contributed by atoms with Crippen LogP contribution in [0.4, 0.5) is 0 Å². The van der Waals surface area contributed by atoms with Gasteiger partial charge in [0.1, 0.15) is 0 Å². The van der Waals surface area contributed by atoms with Crippen LogP contribution < -0.4 is 11.1 Å². The minimum Gasteiger partial charge on any atom is -0.383 e. The van der Waals surface area contributed by atoms with Gasteiger partial charge in [0.25, 0.3) is 0 Å². The number of likely N-dealkylation sites (N-methyl/N-ethyl adjacent to an activating group) is 1. The Kier molecular flexibility index (Phi) is 6.76. The number of rotatable bonds is 8. The lowest BCUT2D eigenvalue weighted by atomic mass is 10.2. The molecule has 1 amide bonds. The summed E-state index contributed by atoms with van der Waals surface area (Å²) in [6.07, 6.45) is 0. The van der Waals surface area contributed by atoms with Crippen molar-refractivity contribution in [2.45, 2.75) is 11.4 Å². The lowest BCUT2D eigenvalue weighted by Crippen LogP contribution is -2.39. The molecule has 0 bridgehead atoms. The van der Waals surface area contributed by atoms with E-state index in [-0.39, 0.29) is 23.9 Å². The number of nitrogens with two attached hydrogens (primary N) is 1. The van der Waals surface area contributed by atoms with E-state index in [0.717, 1.165) is 4.31 Å². The molecule has 0 atom stereocenters. The van der Waals surface area contributed by atoms with Crippen LogP contribution in [-0.2, 0) is 26.1 Å². The third-order valence-electron chi connectivity index (χ3n) is 2.84. The molecule has 118 valence electrons. The number of methoxy groups -OCH3 is 1. The van der Waals surface area contributed by atoms with Crippen molar-refractivity contribution in [2.75, 3.05) is 33.9 Å². The summed E-state index contributed by atoms with van der Waals surface area (Å²) in [6.45, 7) is 0.718. The second-order valence-electron chi connectivity index (χ2n) is 4.46. The van der Waals surface area contributed by atoms with E-state index in [1.807, 2.05) is 0 Å². The predicted molar refractivity (Wildman–Crippen MR) is 79.0 cm³/mol. The van der Waals surface area contributed by atoms with Gasteiger partial charge in [-0.15, -0.1) is 0 Å². The molecule has 0 aromatic heterocycles. The first-order chi connectivity index (χ1) is 9.91. The average molecular weight is 315 g/mol. The first-order valence-corrected chi connectivity index (χ1v) is 7.86. The van der Waals surface area contributed by atoms with Gasteiger partial charge >= 0.3 is 0 Å². The Morgan fingerprint density at radius 3 is 2.76 bits per heavy atom. The Morgan fingerprint density at radius 1 is 1.43 bits per heavy atom. The first kappa shape index (κ1) is 17.6. The third-order valence-corrected chi connectivity index (χ3v) is 4.64. The Morgan fingerprint density at radius 2 is 2.14 bits per heavy atom. The van der Waals surface area contributed by atoms with Crippen LogP contribution in [0.25, 0.3) is 0 Å². The summed E-state index contributed by atoms with van der Waals surface area (Å²) in [7, 11) is -0.829. The monoisotopic (exact) mass is 315 g/mol. The van der Waals surface area contributed by atoms with Gasteiger partial charge in [0.05, 0.1) is 18.0 Å². The highest BCUT2D eigenvalue weighted by molar-refractivity contribution is 7.89. The zero-order valence-corrected chi connectivity index (χ0v) is 13.0. The van der Waals surface area contributed by atoms with Crippen LogP contribution in [0.15, 0.2) is 29.2 Å². The molecule has 0 fully saturated rings. The van der Waals surface area contributed by atoms with E-state index >= 15 is 0 Å². The van der Waals surface area contributed by atoms with Crippen LogP contribution >= 0.6 is 0 Å². The van der Waals surface area contributed by atoms with Gasteiger partial charge in [-0.25, -0.2) is 8.42 Å². The van der Waals surface area contributed by atoms with E-state index < -0.39 is 10.0 Å². The molecule has 0 spiro atoms. The van der Waals surface area contributed by atoms with Gasteiger partial charge in [0.2, 0.25) is 15.9 Å². The zero-order valence-electron chi connectivity index (χ0n) is 12.2. The number of carbonyl (C=O) groups excluding carboxylic acids is 1. The number of sulfonamides is 1. The number of hydrogen-bond donors (Lipinski definition) is 2. The fourth-order valence-electron chi connectivity index (χ4n) is 1.65. The standard InChI is InChI=1S/C13H21N3O4S/c1-16(10-13(17)15-6-7-20-2)21(18,19)12-5-3-4-11(8-12)9-14/h3-5,8H,6-7,9-10,14H2,1-2H3,(H,15,17). The molecular formula is C13H21N3O4S. The van der Waals surface area contributed by atoms with Gasteiger partial charge in [-0.3, -0.25) is 4.79 Å². The quantitative estimate of drug-likeness (QED) is 0.631. The van der Waals surface area contributed by atoms with Crippen LogP contribution in [0.3, 0.4) is 0 Å². The molecule has 0 saturated carbocycles. The molecule has 1 aromatic rings. The minimum atomic E-state index is -3.71. The molecule has 0 aliphatic carbocycles. The lowest BCUT2D eigenvalue weighted by molar-refractivity contribution is -0.121. The fraction of sp³-hybridized carbons (Fsp3) is 0.462. The van der Waals surface area contributed by atoms with Crippen molar-refractivity contribution in [3.8, 4) is 0 Å². The second-order valence-corrected chi connectivity index (χ2v) is 6.50. The molecule has 0 radical (unpaired) electrons. The Labute approximate surface area is 125 Å². The summed E-state index contributed by atoms with van der Waals surface area (Å²) in [6, 6.07) is 6.36. The highest BCUT2D eigenvalue weighted by Crippen LogP contribution is 2.15. The molecule has 0 aliphatic heterocycles. The minimum absolute atomic E-state index is 0.123. The largest absolute Gasteiger partial charge is 0.383 e. The van der Waals surface area contributed by atoms with E-state index in [0.29, 0.717) is 18.7 Å². The maximum atomic E-state index is 12.3. The van der Waals surface area contributed by atoms with Crippen LogP contribution in [0.1, 0.15) is 5.56 Å². The molecule has 1 rings (SSSR count). The Hall–Kier alpha value is -1.48. The molecule has 0 unspecified atom stereocenters. The number of nitrogens with one attached hydrogen (secondary N) is 1. The first-order valence-electron chi connectivity index (χ1n) is 6.42. The number of benzene rings is 1. The summed E-state index contributed by atoms with van der Waals surface area (Å²) >= 11 is 0. The predicted octanol–water partition coefficient (Wildman–Crippen LogP) is -0.472. The Bertz CT molecular complexity index is 575. The molecule has 8 heteroatoms. The fourth-order valence-corrected chi connectivity index (χ4v) is 2.85. The lowest BCUT2D eigenvalue weighted by Gasteiger charge is -2.17. The maximum absolute atomic E-state index is 12.3. The molecule has 7 nitrogen and oxygen atoms in total. The molecule has 21 heavy (non-hydrogen) atoms. The van der Waals surface area contributed by atoms with Crippen molar-refractivity contribution in [1.29, 1.82) is 0 Å². The number of ether oxygens (including phenoxy) is 1. The van der Waals surface area contributed by atoms with Gasteiger partial charge in [0, 0.05) is 27.2 Å². The third kappa shape index (κ3) is 5.09. The molecule has 0 saturated heterocycles. The molecule has 0 heterocycles. The Balaban J connectivity index is 2.75. The normalized spacial score (nSPS) is 11.6. The van der Waals surface area contributed by atoms with Crippen molar-refractivity contribution < 1.29 is 17.9 Å². The highest BCUT2D eigenvalue weighted by atomic mass is 32.2. The molecule has 0 aliphatic rings.